The lowest BCUT2D eigenvalue weighted by Gasteiger charge is -2.02. The number of hydrogen-bond donors (Lipinski definition) is 0. The minimum absolute atomic E-state index is 0.0700. The molecule has 0 saturated heterocycles. The van der Waals surface area contributed by atoms with Crippen molar-refractivity contribution in [3.63, 3.8) is 0 Å². The molecule has 0 N–H and O–H groups in total. The van der Waals surface area contributed by atoms with E-state index in [4.69, 9.17) is 14.4 Å². The van der Waals surface area contributed by atoms with Gasteiger partial charge in [-0.05, 0) is 18.2 Å². The average molecular weight is 228 g/mol. The summed E-state index contributed by atoms with van der Waals surface area (Å²) < 4.78 is 9.66. The first kappa shape index (κ1) is 10.9. The summed E-state index contributed by atoms with van der Waals surface area (Å²) >= 11 is 0. The maximum Gasteiger partial charge on any atom is 0.354 e. The first-order valence-corrected chi connectivity index (χ1v) is 4.62. The highest BCUT2D eigenvalue weighted by Crippen LogP contribution is 2.20. The van der Waals surface area contributed by atoms with E-state index in [0.717, 1.165) is 0 Å². The Labute approximate surface area is 95.8 Å². The van der Waals surface area contributed by atoms with Crippen LogP contribution in [0, 0.1) is 18.3 Å². The van der Waals surface area contributed by atoms with Gasteiger partial charge < -0.3 is 9.15 Å². The zero-order chi connectivity index (χ0) is 12.4. The second kappa shape index (κ2) is 4.10. The van der Waals surface area contributed by atoms with Crippen molar-refractivity contribution in [2.75, 3.05) is 0 Å². The number of esters is 1. The van der Waals surface area contributed by atoms with Gasteiger partial charge in [0.15, 0.2) is 0 Å². The summed E-state index contributed by atoms with van der Waals surface area (Å²) in [4.78, 5) is 21.9. The highest BCUT2D eigenvalue weighted by molar-refractivity contribution is 5.81. The largest absolute Gasteiger partial charge is 0.426 e. The third kappa shape index (κ3) is 2.16. The van der Waals surface area contributed by atoms with Crippen LogP contribution < -0.4 is 10.4 Å². The SMILES string of the molecule is [CH2]C(=O)Oc1ccc2cc(C#N)c(=O)oc2c1. The molecule has 0 aliphatic heterocycles. The summed E-state index contributed by atoms with van der Waals surface area (Å²) in [5, 5.41) is 9.24. The van der Waals surface area contributed by atoms with Gasteiger partial charge in [0.05, 0.1) is 6.92 Å². The number of fused-ring (bicyclic) bond motifs is 1. The smallest absolute Gasteiger partial charge is 0.354 e. The fraction of sp³-hybridized carbons (Fsp3) is 0. The first-order valence-electron chi connectivity index (χ1n) is 4.62. The second-order valence-corrected chi connectivity index (χ2v) is 3.23. The molecule has 2 aromatic rings. The molecule has 1 heterocycles. The van der Waals surface area contributed by atoms with E-state index < -0.39 is 11.6 Å². The molecule has 2 rings (SSSR count). The number of carbonyl (C=O) groups is 1. The molecule has 1 aromatic heterocycles. The van der Waals surface area contributed by atoms with Gasteiger partial charge in [0.1, 0.15) is 23.0 Å². The molecule has 0 fully saturated rings. The molecule has 0 spiro atoms. The van der Waals surface area contributed by atoms with Gasteiger partial charge in [0.2, 0.25) is 0 Å². The molecule has 0 aliphatic rings. The van der Waals surface area contributed by atoms with Crippen molar-refractivity contribution in [3.8, 4) is 11.8 Å². The van der Waals surface area contributed by atoms with Crippen molar-refractivity contribution in [3.05, 3.63) is 47.2 Å². The number of carbonyl (C=O) groups excluding carboxylic acids is 1. The van der Waals surface area contributed by atoms with E-state index in [0.29, 0.717) is 5.39 Å². The van der Waals surface area contributed by atoms with Gasteiger partial charge in [0.25, 0.3) is 0 Å². The number of benzene rings is 1. The summed E-state index contributed by atoms with van der Waals surface area (Å²) in [6.07, 6.45) is 0. The van der Waals surface area contributed by atoms with Gasteiger partial charge in [-0.3, -0.25) is 4.79 Å². The molecule has 1 radical (unpaired) electrons. The highest BCUT2D eigenvalue weighted by atomic mass is 16.5. The van der Waals surface area contributed by atoms with Crippen LogP contribution in [0.25, 0.3) is 11.0 Å². The number of rotatable bonds is 1. The lowest BCUT2D eigenvalue weighted by Crippen LogP contribution is -2.04. The maximum atomic E-state index is 11.3. The Morgan fingerprint density at radius 1 is 1.41 bits per heavy atom. The fourth-order valence-corrected chi connectivity index (χ4v) is 1.36. The molecule has 0 bridgehead atoms. The number of ether oxygens (including phenoxy) is 1. The standard InChI is InChI=1S/C12H6NO4/c1-7(14)16-10-3-2-8-4-9(6-13)12(15)17-11(8)5-10/h2-5H,1H2. The molecule has 0 amide bonds. The van der Waals surface area contributed by atoms with Crippen molar-refractivity contribution >= 4 is 16.9 Å². The second-order valence-electron chi connectivity index (χ2n) is 3.23. The van der Waals surface area contributed by atoms with Gasteiger partial charge >= 0.3 is 11.6 Å². The van der Waals surface area contributed by atoms with Gasteiger partial charge in [-0.25, -0.2) is 4.79 Å². The van der Waals surface area contributed by atoms with Crippen LogP contribution in [-0.4, -0.2) is 5.97 Å². The molecule has 0 atom stereocenters. The highest BCUT2D eigenvalue weighted by Gasteiger charge is 2.06. The van der Waals surface area contributed by atoms with Crippen molar-refractivity contribution in [2.45, 2.75) is 0 Å². The first-order chi connectivity index (χ1) is 8.10. The Hall–Kier alpha value is -2.61. The molecular formula is C12H6NO4. The lowest BCUT2D eigenvalue weighted by atomic mass is 10.2. The van der Waals surface area contributed by atoms with Crippen LogP contribution in [-0.2, 0) is 4.79 Å². The summed E-state index contributed by atoms with van der Waals surface area (Å²) in [5.74, 6) is -0.481. The minimum Gasteiger partial charge on any atom is -0.426 e. The van der Waals surface area contributed by atoms with E-state index in [1.807, 2.05) is 0 Å². The molecule has 0 aliphatic carbocycles. The zero-order valence-electron chi connectivity index (χ0n) is 8.60. The normalized spacial score (nSPS) is 9.88. The monoisotopic (exact) mass is 228 g/mol. The van der Waals surface area contributed by atoms with Crippen molar-refractivity contribution in [2.24, 2.45) is 0 Å². The van der Waals surface area contributed by atoms with Crippen LogP contribution in [0.4, 0.5) is 0 Å². The van der Waals surface area contributed by atoms with Gasteiger partial charge in [-0.15, -0.1) is 0 Å². The maximum absolute atomic E-state index is 11.3. The molecule has 1 aromatic carbocycles. The van der Waals surface area contributed by atoms with Crippen LogP contribution in [0.2, 0.25) is 0 Å². The summed E-state index contributed by atoms with van der Waals surface area (Å²) in [6, 6.07) is 7.64. The number of nitriles is 1. The van der Waals surface area contributed by atoms with Crippen LogP contribution in [0.5, 0.6) is 5.75 Å². The zero-order valence-corrected chi connectivity index (χ0v) is 8.60. The van der Waals surface area contributed by atoms with Crippen molar-refractivity contribution < 1.29 is 13.9 Å². The topological polar surface area (TPSA) is 80.3 Å². The Morgan fingerprint density at radius 3 is 2.82 bits per heavy atom. The Kier molecular flexibility index (Phi) is 2.63. The Bertz CT molecular complexity index is 694. The predicted octanol–water partition coefficient (Wildman–Crippen LogP) is 1.40. The van der Waals surface area contributed by atoms with Gasteiger partial charge in [-0.1, -0.05) is 0 Å². The Morgan fingerprint density at radius 2 is 2.18 bits per heavy atom. The van der Waals surface area contributed by atoms with E-state index in [-0.39, 0.29) is 16.9 Å². The van der Waals surface area contributed by atoms with E-state index >= 15 is 0 Å². The van der Waals surface area contributed by atoms with E-state index in [9.17, 15) is 9.59 Å². The predicted molar refractivity (Wildman–Crippen MR) is 58.2 cm³/mol. The number of nitrogens with zero attached hydrogens (tertiary/aromatic N) is 1. The average Bonchev–Trinajstić information content (AvgIpc) is 2.27. The van der Waals surface area contributed by atoms with Gasteiger partial charge in [0, 0.05) is 11.5 Å². The fourth-order valence-electron chi connectivity index (χ4n) is 1.36. The molecule has 5 nitrogen and oxygen atoms in total. The van der Waals surface area contributed by atoms with E-state index in [1.54, 1.807) is 12.1 Å². The summed E-state index contributed by atoms with van der Waals surface area (Å²) in [5.41, 5.74) is -0.551. The van der Waals surface area contributed by atoms with Crippen LogP contribution in [0.1, 0.15) is 5.56 Å². The van der Waals surface area contributed by atoms with Crippen molar-refractivity contribution in [1.82, 2.24) is 0 Å². The summed E-state index contributed by atoms with van der Waals surface area (Å²) in [7, 11) is 0. The van der Waals surface area contributed by atoms with Gasteiger partial charge in [-0.2, -0.15) is 5.26 Å². The van der Waals surface area contributed by atoms with Crippen LogP contribution >= 0.6 is 0 Å². The Balaban J connectivity index is 2.60. The third-order valence-corrected chi connectivity index (χ3v) is 2.06. The molecule has 5 heteroatoms. The van der Waals surface area contributed by atoms with E-state index in [2.05, 4.69) is 6.92 Å². The molecule has 83 valence electrons. The quantitative estimate of drug-likeness (QED) is 0.418. The number of hydrogen-bond acceptors (Lipinski definition) is 5. The minimum atomic E-state index is -0.724. The van der Waals surface area contributed by atoms with Crippen LogP contribution in [0.3, 0.4) is 0 Å². The van der Waals surface area contributed by atoms with E-state index in [1.165, 1.54) is 18.2 Å². The summed E-state index contributed by atoms with van der Waals surface area (Å²) in [6.45, 7) is 3.06. The lowest BCUT2D eigenvalue weighted by molar-refractivity contribution is -0.129. The molecule has 0 unspecified atom stereocenters. The molecule has 0 saturated carbocycles. The molecular weight excluding hydrogens is 222 g/mol. The van der Waals surface area contributed by atoms with Crippen LogP contribution in [0.15, 0.2) is 33.5 Å². The molecule has 17 heavy (non-hydrogen) atoms. The van der Waals surface area contributed by atoms with Crippen molar-refractivity contribution in [1.29, 1.82) is 5.26 Å². The third-order valence-electron chi connectivity index (χ3n) is 2.06.